The second-order valence-electron chi connectivity index (χ2n) is 3.87. The molecule has 0 unspecified atom stereocenters. The number of amides is 1. The minimum atomic E-state index is -0.982. The highest BCUT2D eigenvalue weighted by molar-refractivity contribution is 5.94. The summed E-state index contributed by atoms with van der Waals surface area (Å²) in [5.74, 6) is -1.50. The third kappa shape index (κ3) is 4.90. The molecule has 8 heteroatoms. The third-order valence-electron chi connectivity index (χ3n) is 2.39. The number of nitrogens with one attached hydrogen (secondary N) is 1. The Balaban J connectivity index is 2.47. The average Bonchev–Trinajstić information content (AvgIpc) is 2.42. The van der Waals surface area contributed by atoms with Gasteiger partial charge < -0.3 is 15.2 Å². The molecule has 0 aliphatic heterocycles. The highest BCUT2D eigenvalue weighted by atomic mass is 19.1. The Labute approximate surface area is 114 Å². The number of nitrogens with zero attached hydrogens (tertiary/aromatic N) is 1. The number of rotatable bonds is 8. The van der Waals surface area contributed by atoms with Crippen molar-refractivity contribution in [3.63, 3.8) is 0 Å². The van der Waals surface area contributed by atoms with Gasteiger partial charge in [0.2, 0.25) is 5.82 Å². The first-order chi connectivity index (χ1) is 9.56. The first kappa shape index (κ1) is 16.0. The van der Waals surface area contributed by atoms with Crippen LogP contribution in [-0.2, 0) is 4.74 Å². The zero-order chi connectivity index (χ0) is 15.0. The predicted octanol–water partition coefficient (Wildman–Crippen LogP) is 0.863. The van der Waals surface area contributed by atoms with Gasteiger partial charge in [-0.2, -0.15) is 4.39 Å². The molecule has 20 heavy (non-hydrogen) atoms. The monoisotopic (exact) mass is 286 g/mol. The van der Waals surface area contributed by atoms with Crippen LogP contribution >= 0.6 is 0 Å². The molecule has 0 saturated carbocycles. The van der Waals surface area contributed by atoms with Crippen LogP contribution in [0.3, 0.4) is 0 Å². The van der Waals surface area contributed by atoms with Gasteiger partial charge in [-0.15, -0.1) is 0 Å². The van der Waals surface area contributed by atoms with Crippen molar-refractivity contribution >= 4 is 11.6 Å². The molecule has 1 aromatic rings. The Kier molecular flexibility index (Phi) is 6.54. The van der Waals surface area contributed by atoms with E-state index >= 15 is 0 Å². The van der Waals surface area contributed by atoms with Gasteiger partial charge in [-0.25, -0.2) is 0 Å². The van der Waals surface area contributed by atoms with E-state index in [9.17, 15) is 19.3 Å². The minimum Gasteiger partial charge on any atom is -0.394 e. The van der Waals surface area contributed by atoms with Crippen molar-refractivity contribution in [1.82, 2.24) is 5.32 Å². The summed E-state index contributed by atoms with van der Waals surface area (Å²) in [5, 5.41) is 21.6. The van der Waals surface area contributed by atoms with Gasteiger partial charge in [0.05, 0.1) is 18.1 Å². The van der Waals surface area contributed by atoms with Crippen LogP contribution in [0.4, 0.5) is 10.1 Å². The van der Waals surface area contributed by atoms with Gasteiger partial charge in [-0.1, -0.05) is 0 Å². The number of hydrogen-bond donors (Lipinski definition) is 2. The second kappa shape index (κ2) is 8.18. The number of hydrogen-bond acceptors (Lipinski definition) is 5. The highest BCUT2D eigenvalue weighted by Crippen LogP contribution is 2.18. The summed E-state index contributed by atoms with van der Waals surface area (Å²) < 4.78 is 18.1. The van der Waals surface area contributed by atoms with Crippen LogP contribution in [0.15, 0.2) is 18.2 Å². The molecule has 1 amide bonds. The van der Waals surface area contributed by atoms with E-state index in [1.165, 1.54) is 6.07 Å². The van der Waals surface area contributed by atoms with Crippen LogP contribution < -0.4 is 5.32 Å². The van der Waals surface area contributed by atoms with Crippen LogP contribution in [0.25, 0.3) is 0 Å². The Bertz CT molecular complexity index is 481. The molecule has 0 aromatic heterocycles. The molecular weight excluding hydrogens is 271 g/mol. The molecule has 7 nitrogen and oxygen atoms in total. The molecule has 0 aliphatic rings. The third-order valence-corrected chi connectivity index (χ3v) is 2.39. The fraction of sp³-hybridized carbons (Fsp3) is 0.417. The summed E-state index contributed by atoms with van der Waals surface area (Å²) in [7, 11) is 0. The Morgan fingerprint density at radius 1 is 1.45 bits per heavy atom. The van der Waals surface area contributed by atoms with Crippen LogP contribution in [0, 0.1) is 15.9 Å². The van der Waals surface area contributed by atoms with Gasteiger partial charge in [-0.05, 0) is 18.6 Å². The fourth-order valence-electron chi connectivity index (χ4n) is 1.44. The normalized spacial score (nSPS) is 10.3. The first-order valence-corrected chi connectivity index (χ1v) is 5.97. The van der Waals surface area contributed by atoms with Gasteiger partial charge in [0.25, 0.3) is 5.91 Å². The number of ether oxygens (including phenoxy) is 1. The summed E-state index contributed by atoms with van der Waals surface area (Å²) in [6.45, 7) is 0.865. The van der Waals surface area contributed by atoms with Crippen LogP contribution in [0.5, 0.6) is 0 Å². The Morgan fingerprint density at radius 2 is 2.20 bits per heavy atom. The number of carbonyl (C=O) groups excluding carboxylic acids is 1. The van der Waals surface area contributed by atoms with Crippen LogP contribution in [-0.4, -0.2) is 42.3 Å². The zero-order valence-electron chi connectivity index (χ0n) is 10.7. The molecule has 110 valence electrons. The van der Waals surface area contributed by atoms with Crippen molar-refractivity contribution in [3.05, 3.63) is 39.7 Å². The maximum absolute atomic E-state index is 13.1. The summed E-state index contributed by atoms with van der Waals surface area (Å²) in [6, 6.07) is 2.96. The molecule has 0 bridgehead atoms. The van der Waals surface area contributed by atoms with Crippen molar-refractivity contribution in [1.29, 1.82) is 0 Å². The average molecular weight is 286 g/mol. The largest absolute Gasteiger partial charge is 0.394 e. The summed E-state index contributed by atoms with van der Waals surface area (Å²) in [5.41, 5.74) is -0.710. The van der Waals surface area contributed by atoms with Crippen molar-refractivity contribution in [2.24, 2.45) is 0 Å². The second-order valence-corrected chi connectivity index (χ2v) is 3.87. The lowest BCUT2D eigenvalue weighted by Gasteiger charge is -2.06. The fourth-order valence-corrected chi connectivity index (χ4v) is 1.44. The quantitative estimate of drug-likeness (QED) is 0.419. The topological polar surface area (TPSA) is 102 Å². The lowest BCUT2D eigenvalue weighted by molar-refractivity contribution is -0.387. The molecule has 0 aliphatic carbocycles. The molecule has 0 atom stereocenters. The van der Waals surface area contributed by atoms with Crippen molar-refractivity contribution in [3.8, 4) is 0 Å². The molecule has 0 radical (unpaired) electrons. The van der Waals surface area contributed by atoms with E-state index < -0.39 is 22.3 Å². The molecule has 0 heterocycles. The highest BCUT2D eigenvalue weighted by Gasteiger charge is 2.17. The smallest absolute Gasteiger partial charge is 0.305 e. The minimum absolute atomic E-state index is 0.0226. The van der Waals surface area contributed by atoms with E-state index in [0.29, 0.717) is 19.6 Å². The lowest BCUT2D eigenvalue weighted by Crippen LogP contribution is -2.25. The number of benzene rings is 1. The molecule has 0 fully saturated rings. The van der Waals surface area contributed by atoms with E-state index in [1.807, 2.05) is 0 Å². The van der Waals surface area contributed by atoms with Gasteiger partial charge in [0, 0.05) is 24.8 Å². The Morgan fingerprint density at radius 3 is 2.85 bits per heavy atom. The van der Waals surface area contributed by atoms with E-state index in [4.69, 9.17) is 9.84 Å². The van der Waals surface area contributed by atoms with Gasteiger partial charge in [-0.3, -0.25) is 14.9 Å². The summed E-state index contributed by atoms with van der Waals surface area (Å²) >= 11 is 0. The predicted molar refractivity (Wildman–Crippen MR) is 67.9 cm³/mol. The first-order valence-electron chi connectivity index (χ1n) is 5.97. The van der Waals surface area contributed by atoms with Crippen molar-refractivity contribution in [2.45, 2.75) is 6.42 Å². The lowest BCUT2D eigenvalue weighted by atomic mass is 10.2. The number of aliphatic hydroxyl groups excluding tert-OH is 1. The van der Waals surface area contributed by atoms with Crippen LogP contribution in [0.2, 0.25) is 0 Å². The van der Waals surface area contributed by atoms with E-state index in [0.717, 1.165) is 12.1 Å². The van der Waals surface area contributed by atoms with Gasteiger partial charge in [0.15, 0.2) is 0 Å². The van der Waals surface area contributed by atoms with Crippen LogP contribution in [0.1, 0.15) is 16.8 Å². The Hall–Kier alpha value is -2.06. The summed E-state index contributed by atoms with van der Waals surface area (Å²) in [4.78, 5) is 21.4. The van der Waals surface area contributed by atoms with Gasteiger partial charge in [0.1, 0.15) is 0 Å². The number of nitro groups is 1. The number of halogens is 1. The van der Waals surface area contributed by atoms with Crippen molar-refractivity contribution < 1.29 is 24.0 Å². The molecule has 1 aromatic carbocycles. The van der Waals surface area contributed by atoms with E-state index in [1.54, 1.807) is 0 Å². The number of carbonyl (C=O) groups is 1. The zero-order valence-corrected chi connectivity index (χ0v) is 10.7. The molecule has 1 rings (SSSR count). The molecule has 0 spiro atoms. The number of nitro benzene ring substituents is 1. The molecular formula is C12H15FN2O5. The summed E-state index contributed by atoms with van der Waals surface area (Å²) in [6.07, 6.45) is 0.537. The maximum Gasteiger partial charge on any atom is 0.305 e. The maximum atomic E-state index is 13.1. The van der Waals surface area contributed by atoms with E-state index in [-0.39, 0.29) is 18.8 Å². The number of aliphatic hydroxyl groups is 1. The SMILES string of the molecule is O=C(NCCCOCCO)c1ccc(F)c([N+](=O)[O-])c1. The van der Waals surface area contributed by atoms with Crippen molar-refractivity contribution in [2.75, 3.05) is 26.4 Å². The molecule has 2 N–H and O–H groups in total. The standard InChI is InChI=1S/C12H15FN2O5/c13-10-3-2-9(8-11(10)15(18)19)12(17)14-4-1-6-20-7-5-16/h2-3,8,16H,1,4-7H2,(H,14,17). The van der Waals surface area contributed by atoms with E-state index in [2.05, 4.69) is 5.32 Å². The van der Waals surface area contributed by atoms with Gasteiger partial charge >= 0.3 is 5.69 Å². The molecule has 0 saturated heterocycles.